The molecule has 1 atom stereocenters. The molecule has 1 unspecified atom stereocenters. The molecule has 2 aromatic heterocycles. The Bertz CT molecular complexity index is 2640. The van der Waals surface area contributed by atoms with Crippen molar-refractivity contribution in [3.05, 3.63) is 173 Å². The average molecular weight is 648 g/mol. The van der Waals surface area contributed by atoms with Gasteiger partial charge in [-0.25, -0.2) is 19.7 Å². The van der Waals surface area contributed by atoms with Crippen molar-refractivity contribution in [2.45, 2.75) is 12.3 Å². The van der Waals surface area contributed by atoms with Gasteiger partial charge in [0.25, 0.3) is 0 Å². The SMILES string of the molecule is Cn1c(=O)n(C)c2cc(-c3ccc(-c4nc(-c5ccccc5)nc(-c5cccc6c5C(C)(c5ccccc5)c5ccccc5-6)n4)cc3)ccc21. The van der Waals surface area contributed by atoms with Crippen LogP contribution in [0.2, 0.25) is 0 Å². The molecule has 2 heterocycles. The van der Waals surface area contributed by atoms with Gasteiger partial charge in [0, 0.05) is 36.2 Å². The van der Waals surface area contributed by atoms with E-state index in [-0.39, 0.29) is 5.69 Å². The van der Waals surface area contributed by atoms with E-state index in [4.69, 9.17) is 15.0 Å². The fourth-order valence-electron chi connectivity index (χ4n) is 7.70. The van der Waals surface area contributed by atoms with Crippen LogP contribution in [0.5, 0.6) is 0 Å². The van der Waals surface area contributed by atoms with Gasteiger partial charge in [0.05, 0.1) is 11.0 Å². The summed E-state index contributed by atoms with van der Waals surface area (Å²) in [5, 5.41) is 0. The van der Waals surface area contributed by atoms with Crippen molar-refractivity contribution >= 4 is 11.0 Å². The molecule has 0 N–H and O–H groups in total. The molecule has 0 spiro atoms. The van der Waals surface area contributed by atoms with E-state index in [1.807, 2.05) is 43.4 Å². The van der Waals surface area contributed by atoms with Crippen molar-refractivity contribution in [2.75, 3.05) is 0 Å². The Labute approximate surface area is 290 Å². The highest BCUT2D eigenvalue weighted by Gasteiger charge is 2.42. The molecule has 0 radical (unpaired) electrons. The van der Waals surface area contributed by atoms with Gasteiger partial charge in [-0.15, -0.1) is 0 Å². The van der Waals surface area contributed by atoms with Gasteiger partial charge >= 0.3 is 5.69 Å². The van der Waals surface area contributed by atoms with Crippen molar-refractivity contribution in [1.29, 1.82) is 0 Å². The minimum Gasteiger partial charge on any atom is -0.295 e. The fraction of sp³-hybridized carbons (Fsp3) is 0.0909. The van der Waals surface area contributed by atoms with Gasteiger partial charge in [0.1, 0.15) is 0 Å². The van der Waals surface area contributed by atoms with Crippen LogP contribution in [0, 0.1) is 0 Å². The number of rotatable bonds is 5. The highest BCUT2D eigenvalue weighted by atomic mass is 16.1. The summed E-state index contributed by atoms with van der Waals surface area (Å²) in [6.07, 6.45) is 0. The quantitative estimate of drug-likeness (QED) is 0.187. The van der Waals surface area contributed by atoms with Crippen LogP contribution < -0.4 is 5.69 Å². The summed E-state index contributed by atoms with van der Waals surface area (Å²) in [5.41, 5.74) is 12.4. The molecule has 6 heteroatoms. The molecule has 240 valence electrons. The van der Waals surface area contributed by atoms with Crippen LogP contribution in [0.15, 0.2) is 150 Å². The minimum absolute atomic E-state index is 0.0376. The largest absolute Gasteiger partial charge is 0.328 e. The molecule has 6 aromatic carbocycles. The number of benzene rings is 6. The topological polar surface area (TPSA) is 65.6 Å². The second kappa shape index (κ2) is 11.3. The van der Waals surface area contributed by atoms with Gasteiger partial charge in [0.2, 0.25) is 0 Å². The van der Waals surface area contributed by atoms with Gasteiger partial charge in [-0.1, -0.05) is 133 Å². The van der Waals surface area contributed by atoms with Gasteiger partial charge < -0.3 is 0 Å². The smallest absolute Gasteiger partial charge is 0.295 e. The third-order valence-corrected chi connectivity index (χ3v) is 10.3. The normalized spacial score (nSPS) is 14.9. The Morgan fingerprint density at radius 3 is 1.76 bits per heavy atom. The third kappa shape index (κ3) is 4.49. The maximum atomic E-state index is 12.5. The number of imidazole rings is 1. The molecule has 0 fully saturated rings. The molecule has 50 heavy (non-hydrogen) atoms. The lowest BCUT2D eigenvalue weighted by Crippen LogP contribution is -2.23. The molecule has 0 saturated carbocycles. The zero-order valence-corrected chi connectivity index (χ0v) is 28.0. The van der Waals surface area contributed by atoms with Gasteiger partial charge in [-0.2, -0.15) is 0 Å². The van der Waals surface area contributed by atoms with E-state index in [0.29, 0.717) is 17.5 Å². The van der Waals surface area contributed by atoms with Crippen molar-refractivity contribution in [1.82, 2.24) is 24.1 Å². The lowest BCUT2D eigenvalue weighted by molar-refractivity contribution is 0.714. The summed E-state index contributed by atoms with van der Waals surface area (Å²) < 4.78 is 3.36. The maximum absolute atomic E-state index is 12.5. The van der Waals surface area contributed by atoms with Crippen LogP contribution in [0.3, 0.4) is 0 Å². The molecule has 1 aliphatic rings. The van der Waals surface area contributed by atoms with Crippen LogP contribution in [-0.2, 0) is 19.5 Å². The molecular weight excluding hydrogens is 615 g/mol. The molecular formula is C44H33N5O. The number of hydrogen-bond donors (Lipinski definition) is 0. The summed E-state index contributed by atoms with van der Waals surface area (Å²) in [4.78, 5) is 27.9. The maximum Gasteiger partial charge on any atom is 0.328 e. The van der Waals surface area contributed by atoms with E-state index in [1.165, 1.54) is 27.8 Å². The Balaban J connectivity index is 1.21. The molecule has 0 bridgehead atoms. The zero-order chi connectivity index (χ0) is 34.0. The van der Waals surface area contributed by atoms with Crippen molar-refractivity contribution in [3.63, 3.8) is 0 Å². The number of aryl methyl sites for hydroxylation is 2. The molecule has 1 aliphatic carbocycles. The fourth-order valence-corrected chi connectivity index (χ4v) is 7.70. The predicted octanol–water partition coefficient (Wildman–Crippen LogP) is 9.06. The first kappa shape index (κ1) is 29.7. The van der Waals surface area contributed by atoms with Crippen molar-refractivity contribution in [3.8, 4) is 56.4 Å². The molecule has 9 rings (SSSR count). The second-order valence-corrected chi connectivity index (χ2v) is 13.1. The number of aromatic nitrogens is 5. The molecule has 0 aliphatic heterocycles. The minimum atomic E-state index is -0.408. The van der Waals surface area contributed by atoms with Crippen LogP contribution in [0.4, 0.5) is 0 Å². The Kier molecular flexibility index (Phi) is 6.74. The second-order valence-electron chi connectivity index (χ2n) is 13.1. The average Bonchev–Trinajstić information content (AvgIpc) is 3.58. The highest BCUT2D eigenvalue weighted by Crippen LogP contribution is 2.55. The van der Waals surface area contributed by atoms with Crippen molar-refractivity contribution < 1.29 is 0 Å². The lowest BCUT2D eigenvalue weighted by Gasteiger charge is -2.30. The number of hydrogen-bond acceptors (Lipinski definition) is 4. The van der Waals surface area contributed by atoms with Crippen LogP contribution in [0.25, 0.3) is 67.5 Å². The first-order chi connectivity index (χ1) is 24.4. The van der Waals surface area contributed by atoms with E-state index in [1.54, 1.807) is 16.2 Å². The summed E-state index contributed by atoms with van der Waals surface area (Å²) >= 11 is 0. The molecule has 8 aromatic rings. The zero-order valence-electron chi connectivity index (χ0n) is 28.0. The Hall–Kier alpha value is -6.40. The van der Waals surface area contributed by atoms with E-state index in [0.717, 1.165) is 38.9 Å². The van der Waals surface area contributed by atoms with Gasteiger partial charge in [-0.3, -0.25) is 9.13 Å². The lowest BCUT2D eigenvalue weighted by atomic mass is 9.72. The number of nitrogens with zero attached hydrogens (tertiary/aromatic N) is 5. The molecule has 0 saturated heterocycles. The van der Waals surface area contributed by atoms with E-state index >= 15 is 0 Å². The van der Waals surface area contributed by atoms with Crippen molar-refractivity contribution in [2.24, 2.45) is 14.1 Å². The van der Waals surface area contributed by atoms with Crippen LogP contribution in [-0.4, -0.2) is 24.1 Å². The summed E-state index contributed by atoms with van der Waals surface area (Å²) in [6, 6.07) is 50.5. The van der Waals surface area contributed by atoms with Gasteiger partial charge in [-0.05, 0) is 58.0 Å². The van der Waals surface area contributed by atoms with E-state index in [2.05, 4.69) is 116 Å². The van der Waals surface area contributed by atoms with E-state index in [9.17, 15) is 4.79 Å². The first-order valence-corrected chi connectivity index (χ1v) is 16.8. The Morgan fingerprint density at radius 2 is 1.02 bits per heavy atom. The molecule has 0 amide bonds. The third-order valence-electron chi connectivity index (χ3n) is 10.3. The molecule has 6 nitrogen and oxygen atoms in total. The highest BCUT2D eigenvalue weighted by molar-refractivity contribution is 5.89. The summed E-state index contributed by atoms with van der Waals surface area (Å²) in [5.74, 6) is 1.87. The van der Waals surface area contributed by atoms with E-state index < -0.39 is 5.41 Å². The summed E-state index contributed by atoms with van der Waals surface area (Å²) in [6.45, 7) is 2.32. The van der Waals surface area contributed by atoms with Crippen LogP contribution >= 0.6 is 0 Å². The predicted molar refractivity (Wildman–Crippen MR) is 201 cm³/mol. The number of fused-ring (bicyclic) bond motifs is 4. The Morgan fingerprint density at radius 1 is 0.480 bits per heavy atom. The standard InChI is InChI=1S/C44H33N5O/c1-44(32-15-8-5-9-16-32)36-20-11-10-17-33(36)34-18-12-19-35(39(34)44)42-46-40(29-13-6-4-7-14-29)45-41(47-42)30-23-21-28(22-24-30)31-25-26-37-38(27-31)49(3)43(50)48(37)2/h4-27H,1-3H3. The van der Waals surface area contributed by atoms with Crippen LogP contribution in [0.1, 0.15) is 23.6 Å². The monoisotopic (exact) mass is 647 g/mol. The first-order valence-electron chi connectivity index (χ1n) is 16.8. The van der Waals surface area contributed by atoms with Gasteiger partial charge in [0.15, 0.2) is 17.5 Å². The summed E-state index contributed by atoms with van der Waals surface area (Å²) in [7, 11) is 3.61.